The number of amides is 2. The van der Waals surface area contributed by atoms with E-state index in [4.69, 9.17) is 5.73 Å². The molecule has 1 aromatic rings. The molecule has 0 fully saturated rings. The summed E-state index contributed by atoms with van der Waals surface area (Å²) in [5, 5.41) is 12.8. The van der Waals surface area contributed by atoms with E-state index in [1.54, 1.807) is 0 Å². The first-order chi connectivity index (χ1) is 8.82. The fourth-order valence-electron chi connectivity index (χ4n) is 1.26. The Labute approximate surface area is 105 Å². The Morgan fingerprint density at radius 1 is 1.32 bits per heavy atom. The van der Waals surface area contributed by atoms with Crippen molar-refractivity contribution in [2.45, 2.75) is 6.42 Å². The zero-order chi connectivity index (χ0) is 14.6. The minimum Gasteiger partial charge on any atom is -0.370 e. The second-order valence-corrected chi connectivity index (χ2v) is 3.51. The Balaban J connectivity index is 2.98. The van der Waals surface area contributed by atoms with E-state index in [1.807, 2.05) is 0 Å². The van der Waals surface area contributed by atoms with Crippen molar-refractivity contribution in [2.75, 3.05) is 6.54 Å². The van der Waals surface area contributed by atoms with E-state index in [0.29, 0.717) is 12.1 Å². The van der Waals surface area contributed by atoms with Crippen molar-refractivity contribution >= 4 is 17.5 Å². The number of nitro benzene ring substituents is 1. The van der Waals surface area contributed by atoms with Crippen LogP contribution >= 0.6 is 0 Å². The normalized spacial score (nSPS) is 10.0. The molecule has 0 saturated carbocycles. The van der Waals surface area contributed by atoms with Gasteiger partial charge in [-0.2, -0.15) is 0 Å². The Kier molecular flexibility index (Phi) is 4.46. The predicted molar refractivity (Wildman–Crippen MR) is 59.2 cm³/mol. The topological polar surface area (TPSA) is 115 Å². The third-order valence-electron chi connectivity index (χ3n) is 2.14. The van der Waals surface area contributed by atoms with Crippen LogP contribution in [0.3, 0.4) is 0 Å². The van der Waals surface area contributed by atoms with Crippen molar-refractivity contribution in [1.29, 1.82) is 0 Å². The van der Waals surface area contributed by atoms with Gasteiger partial charge in [-0.1, -0.05) is 0 Å². The molecule has 0 aliphatic rings. The Morgan fingerprint density at radius 2 is 1.89 bits per heavy atom. The van der Waals surface area contributed by atoms with Gasteiger partial charge in [-0.05, 0) is 6.07 Å². The van der Waals surface area contributed by atoms with E-state index in [-0.39, 0.29) is 13.0 Å². The summed E-state index contributed by atoms with van der Waals surface area (Å²) in [6, 6.07) is 0.741. The lowest BCUT2D eigenvalue weighted by Crippen LogP contribution is -2.28. The molecule has 7 nitrogen and oxygen atoms in total. The molecule has 102 valence electrons. The highest BCUT2D eigenvalue weighted by Gasteiger charge is 2.23. The average molecular weight is 273 g/mol. The van der Waals surface area contributed by atoms with Crippen molar-refractivity contribution in [1.82, 2.24) is 5.32 Å². The molecule has 0 aliphatic carbocycles. The molecule has 0 atom stereocenters. The van der Waals surface area contributed by atoms with E-state index in [2.05, 4.69) is 5.32 Å². The molecule has 1 rings (SSSR count). The summed E-state index contributed by atoms with van der Waals surface area (Å²) in [5.41, 5.74) is 3.33. The van der Waals surface area contributed by atoms with Gasteiger partial charge in [0, 0.05) is 13.0 Å². The lowest BCUT2D eigenvalue weighted by Gasteiger charge is -2.05. The van der Waals surface area contributed by atoms with E-state index in [9.17, 15) is 28.5 Å². The number of hydrogen-bond donors (Lipinski definition) is 2. The summed E-state index contributed by atoms with van der Waals surface area (Å²) in [5.74, 6) is -4.49. The minimum atomic E-state index is -1.43. The fraction of sp³-hybridized carbons (Fsp3) is 0.200. The molecular weight excluding hydrogens is 264 g/mol. The van der Waals surface area contributed by atoms with Crippen LogP contribution in [0.2, 0.25) is 0 Å². The Hall–Kier alpha value is -2.58. The van der Waals surface area contributed by atoms with Crippen molar-refractivity contribution in [3.8, 4) is 0 Å². The van der Waals surface area contributed by atoms with E-state index < -0.39 is 39.6 Å². The van der Waals surface area contributed by atoms with Crippen LogP contribution in [0.15, 0.2) is 12.1 Å². The summed E-state index contributed by atoms with van der Waals surface area (Å²) in [6.07, 6.45) is -0.177. The van der Waals surface area contributed by atoms with Gasteiger partial charge in [-0.3, -0.25) is 19.7 Å². The average Bonchev–Trinajstić information content (AvgIpc) is 2.31. The molecule has 0 radical (unpaired) electrons. The highest BCUT2D eigenvalue weighted by molar-refractivity contribution is 5.98. The van der Waals surface area contributed by atoms with Crippen LogP contribution in [0.1, 0.15) is 16.8 Å². The van der Waals surface area contributed by atoms with Crippen LogP contribution in [0, 0.1) is 21.7 Å². The molecule has 0 unspecified atom stereocenters. The lowest BCUT2D eigenvalue weighted by molar-refractivity contribution is -0.385. The molecule has 0 spiro atoms. The highest BCUT2D eigenvalue weighted by atomic mass is 19.2. The van der Waals surface area contributed by atoms with Gasteiger partial charge in [-0.25, -0.2) is 8.78 Å². The SMILES string of the molecule is NC(=O)CCNC(=O)c1cc(F)c(F)cc1[N+](=O)[O-]. The Bertz CT molecular complexity index is 548. The van der Waals surface area contributed by atoms with E-state index in [1.165, 1.54) is 0 Å². The second kappa shape index (κ2) is 5.85. The van der Waals surface area contributed by atoms with Crippen molar-refractivity contribution in [3.05, 3.63) is 39.4 Å². The van der Waals surface area contributed by atoms with Gasteiger partial charge >= 0.3 is 0 Å². The van der Waals surface area contributed by atoms with Crippen LogP contribution in [0.5, 0.6) is 0 Å². The summed E-state index contributed by atoms with van der Waals surface area (Å²) in [7, 11) is 0. The van der Waals surface area contributed by atoms with E-state index in [0.717, 1.165) is 0 Å². The van der Waals surface area contributed by atoms with Crippen molar-refractivity contribution < 1.29 is 23.3 Å². The number of primary amides is 1. The second-order valence-electron chi connectivity index (χ2n) is 3.51. The largest absolute Gasteiger partial charge is 0.370 e. The number of nitro groups is 1. The molecule has 0 heterocycles. The van der Waals surface area contributed by atoms with Gasteiger partial charge in [0.05, 0.1) is 11.0 Å². The molecule has 9 heteroatoms. The molecule has 0 bridgehead atoms. The number of nitrogens with one attached hydrogen (secondary N) is 1. The number of nitrogens with two attached hydrogens (primary N) is 1. The van der Waals surface area contributed by atoms with Gasteiger partial charge in [0.25, 0.3) is 11.6 Å². The number of benzene rings is 1. The summed E-state index contributed by atoms with van der Waals surface area (Å²) in [6.45, 7) is -0.162. The molecule has 0 aliphatic heterocycles. The summed E-state index contributed by atoms with van der Waals surface area (Å²) >= 11 is 0. The monoisotopic (exact) mass is 273 g/mol. The number of hydrogen-bond acceptors (Lipinski definition) is 4. The molecule has 3 N–H and O–H groups in total. The standard InChI is InChI=1S/C10H9F2N3O4/c11-6-3-5(8(15(18)19)4-7(6)12)10(17)14-2-1-9(13)16/h3-4H,1-2H2,(H2,13,16)(H,14,17). The number of rotatable bonds is 5. The zero-order valence-corrected chi connectivity index (χ0v) is 9.48. The van der Waals surface area contributed by atoms with Gasteiger partial charge in [0.2, 0.25) is 5.91 Å². The minimum absolute atomic E-state index is 0.162. The van der Waals surface area contributed by atoms with Gasteiger partial charge in [0.1, 0.15) is 5.56 Å². The molecule has 2 amide bonds. The van der Waals surface area contributed by atoms with Crippen LogP contribution in [-0.2, 0) is 4.79 Å². The zero-order valence-electron chi connectivity index (χ0n) is 9.48. The highest BCUT2D eigenvalue weighted by Crippen LogP contribution is 2.22. The maximum absolute atomic E-state index is 13.0. The molecular formula is C10H9F2N3O4. The van der Waals surface area contributed by atoms with Crippen LogP contribution < -0.4 is 11.1 Å². The molecule has 19 heavy (non-hydrogen) atoms. The molecule has 1 aromatic carbocycles. The maximum atomic E-state index is 13.0. The van der Waals surface area contributed by atoms with Crippen LogP contribution in [0.4, 0.5) is 14.5 Å². The lowest BCUT2D eigenvalue weighted by atomic mass is 10.1. The van der Waals surface area contributed by atoms with Crippen LogP contribution in [-0.4, -0.2) is 23.3 Å². The summed E-state index contributed by atoms with van der Waals surface area (Å²) in [4.78, 5) is 31.6. The van der Waals surface area contributed by atoms with Gasteiger partial charge < -0.3 is 11.1 Å². The van der Waals surface area contributed by atoms with Crippen molar-refractivity contribution in [3.63, 3.8) is 0 Å². The third-order valence-corrected chi connectivity index (χ3v) is 2.14. The number of carbonyl (C=O) groups excluding carboxylic acids is 2. The van der Waals surface area contributed by atoms with E-state index >= 15 is 0 Å². The summed E-state index contributed by atoms with van der Waals surface area (Å²) < 4.78 is 25.9. The van der Waals surface area contributed by atoms with Gasteiger partial charge in [-0.15, -0.1) is 0 Å². The fourth-order valence-corrected chi connectivity index (χ4v) is 1.26. The predicted octanol–water partition coefficient (Wildman–Crippen LogP) is 0.478. The van der Waals surface area contributed by atoms with Gasteiger partial charge in [0.15, 0.2) is 11.6 Å². The van der Waals surface area contributed by atoms with Crippen LogP contribution in [0.25, 0.3) is 0 Å². The number of halogens is 2. The Morgan fingerprint density at radius 3 is 2.42 bits per heavy atom. The number of carbonyl (C=O) groups is 2. The maximum Gasteiger partial charge on any atom is 0.285 e. The number of nitrogens with zero attached hydrogens (tertiary/aromatic N) is 1. The molecule has 0 saturated heterocycles. The van der Waals surface area contributed by atoms with Crippen molar-refractivity contribution in [2.24, 2.45) is 5.73 Å². The quantitative estimate of drug-likeness (QED) is 0.599. The molecule has 0 aromatic heterocycles. The first-order valence-electron chi connectivity index (χ1n) is 5.03. The first-order valence-corrected chi connectivity index (χ1v) is 5.03. The third kappa shape index (κ3) is 3.69. The first kappa shape index (κ1) is 14.5. The smallest absolute Gasteiger partial charge is 0.285 e.